The van der Waals surface area contributed by atoms with Gasteiger partial charge < -0.3 is 4.90 Å². The van der Waals surface area contributed by atoms with Crippen molar-refractivity contribution in [1.82, 2.24) is 9.21 Å². The fourth-order valence-electron chi connectivity index (χ4n) is 2.68. The predicted octanol–water partition coefficient (Wildman–Crippen LogP) is 3.78. The lowest BCUT2D eigenvalue weighted by Gasteiger charge is -2.20. The predicted molar refractivity (Wildman–Crippen MR) is 104 cm³/mol. The quantitative estimate of drug-likeness (QED) is 0.695. The first-order chi connectivity index (χ1) is 12.7. The molecule has 2 rings (SSSR count). The normalized spacial score (nSPS) is 11.6. The molecule has 27 heavy (non-hydrogen) atoms. The first-order valence-corrected chi connectivity index (χ1v) is 10.3. The Morgan fingerprint density at radius 3 is 2.22 bits per heavy atom. The van der Waals surface area contributed by atoms with E-state index in [4.69, 9.17) is 11.6 Å². The van der Waals surface area contributed by atoms with Crippen LogP contribution in [0.15, 0.2) is 47.4 Å². The third-order valence-electron chi connectivity index (χ3n) is 4.19. The monoisotopic (exact) mass is 412 g/mol. The summed E-state index contributed by atoms with van der Waals surface area (Å²) in [6, 6.07) is 10.2. The van der Waals surface area contributed by atoms with Crippen LogP contribution < -0.4 is 0 Å². The minimum Gasteiger partial charge on any atom is -0.337 e. The lowest BCUT2D eigenvalue weighted by atomic mass is 10.1. The highest BCUT2D eigenvalue weighted by Crippen LogP contribution is 2.21. The Balaban J connectivity index is 2.31. The molecule has 0 bridgehead atoms. The molecule has 0 atom stereocenters. The van der Waals surface area contributed by atoms with Crippen LogP contribution in [0, 0.1) is 5.82 Å². The van der Waals surface area contributed by atoms with Crippen LogP contribution in [-0.4, -0.2) is 43.7 Å². The van der Waals surface area contributed by atoms with Crippen LogP contribution in [0.1, 0.15) is 29.8 Å². The van der Waals surface area contributed by atoms with E-state index in [-0.39, 0.29) is 30.1 Å². The molecule has 0 radical (unpaired) electrons. The molecule has 8 heteroatoms. The lowest BCUT2D eigenvalue weighted by molar-refractivity contribution is 0.0780. The van der Waals surface area contributed by atoms with E-state index in [0.717, 1.165) is 17.7 Å². The summed E-state index contributed by atoms with van der Waals surface area (Å²) < 4.78 is 40.8. The zero-order valence-corrected chi connectivity index (χ0v) is 17.0. The average Bonchev–Trinajstić information content (AvgIpc) is 2.64. The highest BCUT2D eigenvalue weighted by atomic mass is 35.5. The Hall–Kier alpha value is -1.96. The Labute approximate surface area is 164 Å². The highest BCUT2D eigenvalue weighted by Gasteiger charge is 2.25. The highest BCUT2D eigenvalue weighted by molar-refractivity contribution is 7.89. The minimum absolute atomic E-state index is 0.101. The summed E-state index contributed by atoms with van der Waals surface area (Å²) in [5, 5.41) is 0.577. The van der Waals surface area contributed by atoms with E-state index in [1.165, 1.54) is 22.3 Å². The Morgan fingerprint density at radius 2 is 1.67 bits per heavy atom. The summed E-state index contributed by atoms with van der Waals surface area (Å²) in [6.07, 6.45) is 0. The van der Waals surface area contributed by atoms with Crippen molar-refractivity contribution < 1.29 is 17.6 Å². The van der Waals surface area contributed by atoms with Gasteiger partial charge in [0.05, 0.1) is 10.5 Å². The summed E-state index contributed by atoms with van der Waals surface area (Å²) in [6.45, 7) is 4.25. The second-order valence-corrected chi connectivity index (χ2v) is 8.39. The number of benzene rings is 2. The summed E-state index contributed by atoms with van der Waals surface area (Å²) in [4.78, 5) is 13.9. The number of sulfonamides is 1. The van der Waals surface area contributed by atoms with Gasteiger partial charge in [-0.2, -0.15) is 4.31 Å². The Bertz CT molecular complexity index is 913. The van der Waals surface area contributed by atoms with Gasteiger partial charge in [0.2, 0.25) is 10.0 Å². The Morgan fingerprint density at radius 1 is 1.07 bits per heavy atom. The van der Waals surface area contributed by atoms with E-state index < -0.39 is 21.7 Å². The molecule has 0 fully saturated rings. The molecule has 1 amide bonds. The molecule has 2 aromatic carbocycles. The zero-order valence-electron chi connectivity index (χ0n) is 15.4. The van der Waals surface area contributed by atoms with Gasteiger partial charge in [0, 0.05) is 31.7 Å². The summed E-state index contributed by atoms with van der Waals surface area (Å²) in [5.74, 6) is -1.36. The third-order valence-corrected chi connectivity index (χ3v) is 6.49. The number of rotatable bonds is 7. The largest absolute Gasteiger partial charge is 0.337 e. The molecule has 0 aliphatic heterocycles. The van der Waals surface area contributed by atoms with Gasteiger partial charge in [-0.05, 0) is 35.9 Å². The molecule has 146 valence electrons. The number of carbonyl (C=O) groups is 1. The summed E-state index contributed by atoms with van der Waals surface area (Å²) in [7, 11) is -2.25. The molecule has 5 nitrogen and oxygen atoms in total. The lowest BCUT2D eigenvalue weighted by Crippen LogP contribution is -2.31. The second kappa shape index (κ2) is 8.82. The van der Waals surface area contributed by atoms with Crippen LogP contribution in [0.3, 0.4) is 0 Å². The van der Waals surface area contributed by atoms with E-state index in [0.29, 0.717) is 5.02 Å². The number of nitrogens with zero attached hydrogens (tertiary/aromatic N) is 2. The molecule has 0 aromatic heterocycles. The van der Waals surface area contributed by atoms with E-state index in [1.807, 2.05) is 0 Å². The van der Waals surface area contributed by atoms with Crippen LogP contribution in [0.4, 0.5) is 4.39 Å². The number of hydrogen-bond donors (Lipinski definition) is 0. The van der Waals surface area contributed by atoms with Crippen LogP contribution >= 0.6 is 11.6 Å². The van der Waals surface area contributed by atoms with Crippen LogP contribution in [0.5, 0.6) is 0 Å². The zero-order chi connectivity index (χ0) is 20.2. The average molecular weight is 413 g/mol. The molecule has 0 N–H and O–H groups in total. The molecule has 0 saturated carbocycles. The smallest absolute Gasteiger partial charge is 0.256 e. The van der Waals surface area contributed by atoms with Gasteiger partial charge in [-0.3, -0.25) is 4.79 Å². The summed E-state index contributed by atoms with van der Waals surface area (Å²) >= 11 is 5.85. The van der Waals surface area contributed by atoms with Gasteiger partial charge in [-0.15, -0.1) is 0 Å². The second-order valence-electron chi connectivity index (χ2n) is 6.02. The fourth-order valence-corrected chi connectivity index (χ4v) is 4.29. The first-order valence-electron chi connectivity index (χ1n) is 8.50. The van der Waals surface area contributed by atoms with Crippen molar-refractivity contribution in [2.45, 2.75) is 25.3 Å². The van der Waals surface area contributed by atoms with Gasteiger partial charge in [-0.1, -0.05) is 37.6 Å². The van der Waals surface area contributed by atoms with Crippen LogP contribution in [0.2, 0.25) is 5.02 Å². The molecular formula is C19H22ClFN2O3S. The number of carbonyl (C=O) groups excluding carboxylic acids is 1. The third kappa shape index (κ3) is 4.86. The SMILES string of the molecule is CCN(CC)S(=O)(=O)c1ccc(F)c(C(=O)N(C)Cc2ccc(Cl)cc2)c1. The molecule has 0 unspecified atom stereocenters. The fraction of sp³-hybridized carbons (Fsp3) is 0.316. The van der Waals surface area contributed by atoms with Crippen molar-refractivity contribution in [1.29, 1.82) is 0 Å². The van der Waals surface area contributed by atoms with Crippen molar-refractivity contribution in [3.63, 3.8) is 0 Å². The summed E-state index contributed by atoms with van der Waals surface area (Å²) in [5.41, 5.74) is 0.544. The number of amides is 1. The number of halogens is 2. The maximum Gasteiger partial charge on any atom is 0.256 e. The van der Waals surface area contributed by atoms with E-state index in [2.05, 4.69) is 0 Å². The van der Waals surface area contributed by atoms with Crippen LogP contribution in [0.25, 0.3) is 0 Å². The van der Waals surface area contributed by atoms with Gasteiger partial charge in [0.1, 0.15) is 5.82 Å². The molecule has 2 aromatic rings. The number of hydrogen-bond acceptors (Lipinski definition) is 3. The molecular weight excluding hydrogens is 391 g/mol. The van der Waals surface area contributed by atoms with Crippen molar-refractivity contribution in [3.05, 3.63) is 64.4 Å². The van der Waals surface area contributed by atoms with Crippen molar-refractivity contribution >= 4 is 27.5 Å². The molecule has 0 heterocycles. The topological polar surface area (TPSA) is 57.7 Å². The first kappa shape index (κ1) is 21.3. The van der Waals surface area contributed by atoms with E-state index >= 15 is 0 Å². The van der Waals surface area contributed by atoms with Gasteiger partial charge in [-0.25, -0.2) is 12.8 Å². The molecule has 0 spiro atoms. The molecule has 0 saturated heterocycles. The minimum atomic E-state index is -3.78. The maximum atomic E-state index is 14.3. The van der Waals surface area contributed by atoms with Gasteiger partial charge >= 0.3 is 0 Å². The molecule has 0 aliphatic carbocycles. The van der Waals surface area contributed by atoms with E-state index in [1.54, 1.807) is 38.1 Å². The maximum absolute atomic E-state index is 14.3. The van der Waals surface area contributed by atoms with Crippen molar-refractivity contribution in [2.24, 2.45) is 0 Å². The Kier molecular flexibility index (Phi) is 6.97. The van der Waals surface area contributed by atoms with Crippen molar-refractivity contribution in [3.8, 4) is 0 Å². The van der Waals surface area contributed by atoms with Gasteiger partial charge in [0.25, 0.3) is 5.91 Å². The van der Waals surface area contributed by atoms with Crippen LogP contribution in [-0.2, 0) is 16.6 Å². The molecule has 0 aliphatic rings. The van der Waals surface area contributed by atoms with E-state index in [9.17, 15) is 17.6 Å². The van der Waals surface area contributed by atoms with Gasteiger partial charge in [0.15, 0.2) is 0 Å². The van der Waals surface area contributed by atoms with Crippen molar-refractivity contribution in [2.75, 3.05) is 20.1 Å². The standard InChI is InChI=1S/C19H22ClFN2O3S/c1-4-23(5-2)27(25,26)16-10-11-18(21)17(12-16)19(24)22(3)13-14-6-8-15(20)9-7-14/h6-12H,4-5,13H2,1-3H3.